The molecule has 0 heterocycles. The van der Waals surface area contributed by atoms with Gasteiger partial charge in [0, 0.05) is 24.1 Å². The Hall–Kier alpha value is -1.09. The van der Waals surface area contributed by atoms with Crippen LogP contribution in [0, 0.1) is 6.92 Å². The Morgan fingerprint density at radius 1 is 1.28 bits per heavy atom. The average Bonchev–Trinajstić information content (AvgIpc) is 2.28. The molecule has 2 nitrogen and oxygen atoms in total. The van der Waals surface area contributed by atoms with Crippen LogP contribution in [-0.4, -0.2) is 18.8 Å². The maximum atomic E-state index is 12.1. The fraction of sp³-hybridized carbons (Fsp3) is 0.600. The molecule has 0 amide bonds. The summed E-state index contributed by atoms with van der Waals surface area (Å²) in [6.45, 7) is 9.32. The van der Waals surface area contributed by atoms with E-state index in [2.05, 4.69) is 39.1 Å². The molecule has 102 valence electrons. The molecule has 0 aliphatic rings. The first kappa shape index (κ1) is 15.0. The number of ether oxygens (including phenoxy) is 1. The molecular weight excluding hydrogens is 229 g/mol. The lowest BCUT2D eigenvalue weighted by Gasteiger charge is -2.22. The van der Waals surface area contributed by atoms with Crippen molar-refractivity contribution in [1.82, 2.24) is 5.32 Å². The minimum atomic E-state index is -0.332. The second kappa shape index (κ2) is 6.74. The minimum Gasteiger partial charge on any atom is -0.493 e. The number of nitrogens with one attached hydrogen (secondary N) is 1. The topological polar surface area (TPSA) is 21.3 Å². The van der Waals surface area contributed by atoms with E-state index in [1.54, 1.807) is 0 Å². The van der Waals surface area contributed by atoms with Crippen LogP contribution in [0.4, 0.5) is 4.39 Å². The minimum absolute atomic E-state index is 0.0694. The maximum Gasteiger partial charge on any atom is 0.123 e. The van der Waals surface area contributed by atoms with Crippen LogP contribution in [0.2, 0.25) is 0 Å². The molecule has 0 aliphatic heterocycles. The summed E-state index contributed by atoms with van der Waals surface area (Å²) < 4.78 is 17.7. The van der Waals surface area contributed by atoms with E-state index in [9.17, 15) is 4.39 Å². The standard InChI is InChI=1S/C15H24FNO/c1-12-6-7-14(18-9-5-8-16)13(10-12)11-17-15(2,3)4/h6-7,10,17H,5,8-9,11H2,1-4H3. The maximum absolute atomic E-state index is 12.1. The van der Waals surface area contributed by atoms with Crippen LogP contribution in [-0.2, 0) is 6.54 Å². The largest absolute Gasteiger partial charge is 0.493 e. The molecule has 0 aromatic heterocycles. The first-order valence-electron chi connectivity index (χ1n) is 6.46. The van der Waals surface area contributed by atoms with Crippen molar-refractivity contribution in [2.24, 2.45) is 0 Å². The van der Waals surface area contributed by atoms with Gasteiger partial charge in [-0.05, 0) is 33.8 Å². The molecule has 0 spiro atoms. The molecule has 3 heteroatoms. The fourth-order valence-corrected chi connectivity index (χ4v) is 1.58. The van der Waals surface area contributed by atoms with Crippen molar-refractivity contribution in [3.05, 3.63) is 29.3 Å². The van der Waals surface area contributed by atoms with Gasteiger partial charge in [0.25, 0.3) is 0 Å². The van der Waals surface area contributed by atoms with Crippen molar-refractivity contribution in [2.45, 2.75) is 46.2 Å². The molecule has 1 rings (SSSR count). The summed E-state index contributed by atoms with van der Waals surface area (Å²) in [6, 6.07) is 6.10. The van der Waals surface area contributed by atoms with Gasteiger partial charge in [-0.1, -0.05) is 17.7 Å². The molecule has 18 heavy (non-hydrogen) atoms. The Labute approximate surface area is 110 Å². The Bertz CT molecular complexity index is 371. The third kappa shape index (κ3) is 5.50. The van der Waals surface area contributed by atoms with Crippen molar-refractivity contribution >= 4 is 0 Å². The highest BCUT2D eigenvalue weighted by Gasteiger charge is 2.11. The summed E-state index contributed by atoms with van der Waals surface area (Å²) in [4.78, 5) is 0. The molecule has 0 radical (unpaired) electrons. The van der Waals surface area contributed by atoms with Gasteiger partial charge in [0.05, 0.1) is 13.3 Å². The summed E-state index contributed by atoms with van der Waals surface area (Å²) in [6.07, 6.45) is 0.444. The molecule has 0 aliphatic carbocycles. The predicted octanol–water partition coefficient (Wildman–Crippen LogP) is 3.62. The number of alkyl halides is 1. The Balaban J connectivity index is 2.70. The molecule has 0 saturated carbocycles. The van der Waals surface area contributed by atoms with Crippen LogP contribution in [0.15, 0.2) is 18.2 Å². The molecule has 1 N–H and O–H groups in total. The van der Waals surface area contributed by atoms with Crippen molar-refractivity contribution in [2.75, 3.05) is 13.3 Å². The van der Waals surface area contributed by atoms with E-state index in [4.69, 9.17) is 4.74 Å². The Morgan fingerprint density at radius 2 is 2.00 bits per heavy atom. The van der Waals surface area contributed by atoms with Crippen LogP contribution in [0.3, 0.4) is 0 Å². The normalized spacial score (nSPS) is 11.6. The molecule has 0 bridgehead atoms. The summed E-state index contributed by atoms with van der Waals surface area (Å²) in [5.74, 6) is 0.853. The van der Waals surface area contributed by atoms with Crippen LogP contribution < -0.4 is 10.1 Å². The SMILES string of the molecule is Cc1ccc(OCCCF)c(CNC(C)(C)C)c1. The van der Waals surface area contributed by atoms with Gasteiger partial charge in [-0.15, -0.1) is 0 Å². The van der Waals surface area contributed by atoms with Crippen LogP contribution in [0.5, 0.6) is 5.75 Å². The predicted molar refractivity (Wildman–Crippen MR) is 73.9 cm³/mol. The second-order valence-corrected chi connectivity index (χ2v) is 5.61. The van der Waals surface area contributed by atoms with E-state index in [0.717, 1.165) is 17.9 Å². The van der Waals surface area contributed by atoms with Gasteiger partial charge in [0.1, 0.15) is 5.75 Å². The molecule has 0 unspecified atom stereocenters. The highest BCUT2D eigenvalue weighted by atomic mass is 19.1. The van der Waals surface area contributed by atoms with E-state index < -0.39 is 0 Å². The zero-order valence-electron chi connectivity index (χ0n) is 11.8. The van der Waals surface area contributed by atoms with E-state index in [1.807, 2.05) is 12.1 Å². The van der Waals surface area contributed by atoms with Crippen LogP contribution in [0.1, 0.15) is 38.3 Å². The van der Waals surface area contributed by atoms with Gasteiger partial charge >= 0.3 is 0 Å². The zero-order valence-corrected chi connectivity index (χ0v) is 11.8. The monoisotopic (exact) mass is 253 g/mol. The van der Waals surface area contributed by atoms with E-state index in [0.29, 0.717) is 13.0 Å². The highest BCUT2D eigenvalue weighted by molar-refractivity contribution is 5.36. The third-order valence-corrected chi connectivity index (χ3v) is 2.56. The van der Waals surface area contributed by atoms with Crippen molar-refractivity contribution in [3.63, 3.8) is 0 Å². The van der Waals surface area contributed by atoms with Crippen molar-refractivity contribution in [1.29, 1.82) is 0 Å². The number of benzene rings is 1. The Morgan fingerprint density at radius 3 is 2.61 bits per heavy atom. The smallest absolute Gasteiger partial charge is 0.123 e. The number of hydrogen-bond donors (Lipinski definition) is 1. The van der Waals surface area contributed by atoms with Gasteiger partial charge in [0.15, 0.2) is 0 Å². The summed E-state index contributed by atoms with van der Waals surface area (Å²) in [5, 5.41) is 3.44. The number of halogens is 1. The third-order valence-electron chi connectivity index (χ3n) is 2.56. The highest BCUT2D eigenvalue weighted by Crippen LogP contribution is 2.21. The lowest BCUT2D eigenvalue weighted by atomic mass is 10.1. The van der Waals surface area contributed by atoms with E-state index >= 15 is 0 Å². The van der Waals surface area contributed by atoms with Gasteiger partial charge in [-0.25, -0.2) is 0 Å². The summed E-state index contributed by atoms with van der Waals surface area (Å²) in [7, 11) is 0. The van der Waals surface area contributed by atoms with Crippen LogP contribution in [0.25, 0.3) is 0 Å². The van der Waals surface area contributed by atoms with Crippen LogP contribution >= 0.6 is 0 Å². The molecule has 1 aromatic carbocycles. The van der Waals surface area contributed by atoms with E-state index in [-0.39, 0.29) is 12.2 Å². The number of aryl methyl sites for hydroxylation is 1. The molecular formula is C15H24FNO. The zero-order chi connectivity index (χ0) is 13.6. The average molecular weight is 253 g/mol. The van der Waals surface area contributed by atoms with Crippen molar-refractivity contribution in [3.8, 4) is 5.75 Å². The van der Waals surface area contributed by atoms with Gasteiger partial charge in [0.2, 0.25) is 0 Å². The summed E-state index contributed by atoms with van der Waals surface area (Å²) >= 11 is 0. The first-order chi connectivity index (χ1) is 8.42. The molecule has 0 fully saturated rings. The molecule has 0 atom stereocenters. The lowest BCUT2D eigenvalue weighted by molar-refractivity contribution is 0.285. The van der Waals surface area contributed by atoms with Gasteiger partial charge in [-0.2, -0.15) is 0 Å². The number of rotatable bonds is 6. The summed E-state index contributed by atoms with van der Waals surface area (Å²) in [5.41, 5.74) is 2.40. The number of hydrogen-bond acceptors (Lipinski definition) is 2. The quantitative estimate of drug-likeness (QED) is 0.782. The molecule has 1 aromatic rings. The molecule has 0 saturated heterocycles. The first-order valence-corrected chi connectivity index (χ1v) is 6.46. The lowest BCUT2D eigenvalue weighted by Crippen LogP contribution is -2.35. The van der Waals surface area contributed by atoms with E-state index in [1.165, 1.54) is 5.56 Å². The Kier molecular flexibility index (Phi) is 5.60. The van der Waals surface area contributed by atoms with Gasteiger partial charge in [-0.3, -0.25) is 4.39 Å². The second-order valence-electron chi connectivity index (χ2n) is 5.61. The van der Waals surface area contributed by atoms with Gasteiger partial charge < -0.3 is 10.1 Å². The fourth-order valence-electron chi connectivity index (χ4n) is 1.58. The van der Waals surface area contributed by atoms with Crippen molar-refractivity contribution < 1.29 is 9.13 Å².